The Morgan fingerprint density at radius 2 is 2.14 bits per heavy atom. The molecule has 7 heavy (non-hydrogen) atoms. The Bertz CT molecular complexity index is 70.1. The average molecular weight is 138 g/mol. The van der Waals surface area contributed by atoms with Gasteiger partial charge in [-0.2, -0.15) is 0 Å². The van der Waals surface area contributed by atoms with Crippen molar-refractivity contribution in [3.05, 3.63) is 0 Å². The SMILES string of the molecule is CC(C)CS(O)=S. The fraction of sp³-hybridized carbons (Fsp3) is 1.00. The van der Waals surface area contributed by atoms with Crippen molar-refractivity contribution in [3.63, 3.8) is 0 Å². The molecule has 0 saturated heterocycles. The monoisotopic (exact) mass is 138 g/mol. The van der Waals surface area contributed by atoms with E-state index in [1.807, 2.05) is 13.8 Å². The van der Waals surface area contributed by atoms with Crippen LogP contribution in [-0.4, -0.2) is 10.3 Å². The van der Waals surface area contributed by atoms with Crippen LogP contribution in [0.2, 0.25) is 0 Å². The summed E-state index contributed by atoms with van der Waals surface area (Å²) in [6.45, 7) is 4.09. The van der Waals surface area contributed by atoms with E-state index in [1.54, 1.807) is 0 Å². The van der Waals surface area contributed by atoms with Crippen molar-refractivity contribution >= 4 is 20.9 Å². The van der Waals surface area contributed by atoms with Gasteiger partial charge in [0, 0.05) is 15.5 Å². The Hall–Kier alpha value is 0.530. The molecule has 0 aromatic rings. The lowest BCUT2D eigenvalue weighted by Crippen LogP contribution is -2.00. The second-order valence-corrected chi connectivity index (χ2v) is 4.01. The zero-order valence-electron chi connectivity index (χ0n) is 4.55. The normalized spacial score (nSPS) is 14.9. The van der Waals surface area contributed by atoms with Crippen LogP contribution in [0.25, 0.3) is 0 Å². The highest BCUT2D eigenvalue weighted by atomic mass is 32.8. The maximum Gasteiger partial charge on any atom is 0.0246 e. The molecule has 0 amide bonds. The van der Waals surface area contributed by atoms with E-state index < -0.39 is 9.74 Å². The molecule has 1 nitrogen and oxygen atoms in total. The van der Waals surface area contributed by atoms with Crippen LogP contribution in [0.5, 0.6) is 0 Å². The molecule has 0 aromatic carbocycles. The molecule has 0 aliphatic rings. The molecule has 0 saturated carbocycles. The van der Waals surface area contributed by atoms with Crippen molar-refractivity contribution in [2.75, 3.05) is 5.75 Å². The van der Waals surface area contributed by atoms with E-state index in [0.29, 0.717) is 5.92 Å². The van der Waals surface area contributed by atoms with E-state index in [9.17, 15) is 0 Å². The molecule has 0 rings (SSSR count). The van der Waals surface area contributed by atoms with Crippen LogP contribution in [0.4, 0.5) is 0 Å². The molecule has 0 bridgehead atoms. The highest BCUT2D eigenvalue weighted by molar-refractivity contribution is 8.25. The van der Waals surface area contributed by atoms with Gasteiger partial charge in [0.1, 0.15) is 0 Å². The molecule has 44 valence electrons. The third-order valence-corrected chi connectivity index (χ3v) is 1.84. The largest absolute Gasteiger partial charge is 0.327 e. The quantitative estimate of drug-likeness (QED) is 0.618. The zero-order chi connectivity index (χ0) is 5.86. The van der Waals surface area contributed by atoms with Crippen LogP contribution in [-0.2, 0) is 20.9 Å². The van der Waals surface area contributed by atoms with Gasteiger partial charge in [-0.25, -0.2) is 0 Å². The van der Waals surface area contributed by atoms with Gasteiger partial charge in [0.05, 0.1) is 0 Å². The van der Waals surface area contributed by atoms with Crippen LogP contribution >= 0.6 is 0 Å². The predicted molar refractivity (Wildman–Crippen MR) is 37.1 cm³/mol. The summed E-state index contributed by atoms with van der Waals surface area (Å²) in [4.78, 5) is 0. The minimum Gasteiger partial charge on any atom is -0.327 e. The van der Waals surface area contributed by atoms with Gasteiger partial charge < -0.3 is 4.55 Å². The molecular weight excluding hydrogens is 128 g/mol. The summed E-state index contributed by atoms with van der Waals surface area (Å²) in [5.74, 6) is 1.29. The number of hydrogen-bond donors (Lipinski definition) is 1. The first kappa shape index (κ1) is 7.53. The van der Waals surface area contributed by atoms with E-state index >= 15 is 0 Å². The molecule has 0 heterocycles. The molecule has 1 atom stereocenters. The minimum atomic E-state index is -0.762. The summed E-state index contributed by atoms with van der Waals surface area (Å²) >= 11 is 4.54. The molecular formula is C4H10OS2. The average Bonchev–Trinajstić information content (AvgIpc) is 1.27. The Morgan fingerprint density at radius 1 is 1.71 bits per heavy atom. The fourth-order valence-corrected chi connectivity index (χ4v) is 1.67. The maximum atomic E-state index is 8.57. The first-order valence-electron chi connectivity index (χ1n) is 2.20. The van der Waals surface area contributed by atoms with Gasteiger partial charge in [-0.3, -0.25) is 0 Å². The van der Waals surface area contributed by atoms with Gasteiger partial charge in [0.2, 0.25) is 0 Å². The molecule has 0 spiro atoms. The van der Waals surface area contributed by atoms with Gasteiger partial charge in [-0.1, -0.05) is 13.8 Å². The van der Waals surface area contributed by atoms with Crippen molar-refractivity contribution in [3.8, 4) is 0 Å². The fourth-order valence-electron chi connectivity index (χ4n) is 0.285. The van der Waals surface area contributed by atoms with E-state index in [1.165, 1.54) is 0 Å². The molecule has 0 aromatic heterocycles. The minimum absolute atomic E-state index is 0.533. The van der Waals surface area contributed by atoms with Crippen molar-refractivity contribution < 1.29 is 4.55 Å². The van der Waals surface area contributed by atoms with Crippen molar-refractivity contribution in [2.45, 2.75) is 13.8 Å². The maximum absolute atomic E-state index is 8.57. The van der Waals surface area contributed by atoms with Crippen LogP contribution in [0.1, 0.15) is 13.8 Å². The third-order valence-electron chi connectivity index (χ3n) is 0.476. The summed E-state index contributed by atoms with van der Waals surface area (Å²) in [5.41, 5.74) is 0. The van der Waals surface area contributed by atoms with Crippen molar-refractivity contribution in [2.24, 2.45) is 5.92 Å². The summed E-state index contributed by atoms with van der Waals surface area (Å²) < 4.78 is 8.57. The standard InChI is InChI=1S/C4H10OS2/c1-4(2)3-7(5)6/h4H,3H2,1-2H3,(H,5,6). The topological polar surface area (TPSA) is 20.2 Å². The summed E-state index contributed by atoms with van der Waals surface area (Å²) in [5, 5.41) is 0. The van der Waals surface area contributed by atoms with Crippen molar-refractivity contribution in [1.82, 2.24) is 0 Å². The highest BCUT2D eigenvalue weighted by Crippen LogP contribution is 1.91. The van der Waals surface area contributed by atoms with Crippen LogP contribution in [0, 0.1) is 5.92 Å². The third kappa shape index (κ3) is 6.53. The first-order valence-corrected chi connectivity index (χ1v) is 4.48. The Kier molecular flexibility index (Phi) is 3.79. The van der Waals surface area contributed by atoms with Crippen LogP contribution in [0.15, 0.2) is 0 Å². The van der Waals surface area contributed by atoms with Crippen LogP contribution < -0.4 is 0 Å². The molecule has 0 aliphatic carbocycles. The summed E-state index contributed by atoms with van der Waals surface area (Å²) in [7, 11) is -0.762. The molecule has 0 aliphatic heterocycles. The lowest BCUT2D eigenvalue weighted by Gasteiger charge is -1.98. The molecule has 3 heteroatoms. The lowest BCUT2D eigenvalue weighted by molar-refractivity contribution is 0.636. The summed E-state index contributed by atoms with van der Waals surface area (Å²) in [6, 6.07) is 0. The van der Waals surface area contributed by atoms with E-state index in [0.717, 1.165) is 5.75 Å². The van der Waals surface area contributed by atoms with Gasteiger partial charge >= 0.3 is 0 Å². The zero-order valence-corrected chi connectivity index (χ0v) is 6.18. The van der Waals surface area contributed by atoms with E-state index in [2.05, 4.69) is 11.2 Å². The van der Waals surface area contributed by atoms with Gasteiger partial charge in [0.25, 0.3) is 0 Å². The smallest absolute Gasteiger partial charge is 0.0246 e. The Labute approximate surface area is 51.5 Å². The van der Waals surface area contributed by atoms with Gasteiger partial charge in [-0.15, -0.1) is 0 Å². The molecule has 0 radical (unpaired) electrons. The van der Waals surface area contributed by atoms with Gasteiger partial charge in [0.15, 0.2) is 0 Å². The number of hydrogen-bond acceptors (Lipinski definition) is 1. The predicted octanol–water partition coefficient (Wildman–Crippen LogP) is 1.20. The Morgan fingerprint density at radius 3 is 2.14 bits per heavy atom. The van der Waals surface area contributed by atoms with E-state index in [4.69, 9.17) is 4.55 Å². The van der Waals surface area contributed by atoms with Gasteiger partial charge in [-0.05, 0) is 17.1 Å². The second-order valence-electron chi connectivity index (χ2n) is 1.88. The Balaban J connectivity index is 3.13. The second kappa shape index (κ2) is 3.52. The van der Waals surface area contributed by atoms with E-state index in [-0.39, 0.29) is 0 Å². The van der Waals surface area contributed by atoms with Crippen LogP contribution in [0.3, 0.4) is 0 Å². The first-order chi connectivity index (χ1) is 3.13. The van der Waals surface area contributed by atoms with Crippen molar-refractivity contribution in [1.29, 1.82) is 0 Å². The molecule has 1 N–H and O–H groups in total. The lowest BCUT2D eigenvalue weighted by atomic mass is 10.3. The molecule has 1 unspecified atom stereocenters. The highest BCUT2D eigenvalue weighted by Gasteiger charge is 1.92. The molecule has 0 fully saturated rings. The number of rotatable bonds is 2. The summed E-state index contributed by atoms with van der Waals surface area (Å²) in [6.07, 6.45) is 0.